The van der Waals surface area contributed by atoms with E-state index in [0.29, 0.717) is 23.8 Å². The van der Waals surface area contributed by atoms with Crippen LogP contribution in [0.1, 0.15) is 51.1 Å². The quantitative estimate of drug-likeness (QED) is 0.901. The van der Waals surface area contributed by atoms with E-state index in [-0.39, 0.29) is 11.9 Å². The van der Waals surface area contributed by atoms with E-state index in [2.05, 4.69) is 17.1 Å². The highest BCUT2D eigenvalue weighted by Gasteiger charge is 2.37. The first-order valence-corrected chi connectivity index (χ1v) is 8.89. The van der Waals surface area contributed by atoms with Gasteiger partial charge in [0, 0.05) is 36.7 Å². The molecule has 1 saturated heterocycles. The van der Waals surface area contributed by atoms with Gasteiger partial charge in [-0.3, -0.25) is 4.79 Å². The van der Waals surface area contributed by atoms with Crippen LogP contribution in [0.2, 0.25) is 0 Å². The number of carbonyl (C=O) groups excluding carboxylic acids is 1. The lowest BCUT2D eigenvalue weighted by atomic mass is 9.88. The van der Waals surface area contributed by atoms with Crippen molar-refractivity contribution < 1.29 is 9.18 Å². The number of hydrogen-bond acceptors (Lipinski definition) is 2. The van der Waals surface area contributed by atoms with Crippen LogP contribution in [-0.4, -0.2) is 29.9 Å². The summed E-state index contributed by atoms with van der Waals surface area (Å²) in [6.07, 6.45) is 4.13. The fourth-order valence-corrected chi connectivity index (χ4v) is 3.69. The van der Waals surface area contributed by atoms with Crippen molar-refractivity contribution in [2.75, 3.05) is 13.1 Å². The van der Waals surface area contributed by atoms with E-state index < -0.39 is 0 Å². The monoisotopic (exact) mass is 318 g/mol. The zero-order valence-electron chi connectivity index (χ0n) is 14.1. The molecule has 1 amide bonds. The second-order valence-electron chi connectivity index (χ2n) is 7.03. The van der Waals surface area contributed by atoms with Gasteiger partial charge >= 0.3 is 0 Å². The number of likely N-dealkylation sites (tertiary alicyclic amines) is 1. The summed E-state index contributed by atoms with van der Waals surface area (Å²) in [6.45, 7) is 5.87. The van der Waals surface area contributed by atoms with Gasteiger partial charge in [0.05, 0.1) is 0 Å². The topological polar surface area (TPSA) is 32.3 Å². The van der Waals surface area contributed by atoms with Crippen LogP contribution in [0.4, 0.5) is 4.39 Å². The maximum atomic E-state index is 13.9. The number of carbonyl (C=O) groups is 1. The number of amides is 1. The first-order valence-electron chi connectivity index (χ1n) is 8.89. The molecule has 3 rings (SSSR count). The first kappa shape index (κ1) is 16.4. The largest absolute Gasteiger partial charge is 0.342 e. The fraction of sp³-hybridized carbons (Fsp3) is 0.632. The molecule has 3 atom stereocenters. The van der Waals surface area contributed by atoms with Crippen LogP contribution < -0.4 is 5.32 Å². The molecule has 3 nitrogen and oxygen atoms in total. The van der Waals surface area contributed by atoms with Crippen LogP contribution >= 0.6 is 0 Å². The summed E-state index contributed by atoms with van der Waals surface area (Å²) in [5, 5.41) is 3.60. The molecule has 1 saturated carbocycles. The molecular formula is C19H27FN2O. The Labute approximate surface area is 138 Å². The SMILES string of the molecule is CCC1CN(C(=O)C2CC2)CCC1NC(C)c1ccccc1F. The Balaban J connectivity index is 1.61. The summed E-state index contributed by atoms with van der Waals surface area (Å²) in [6, 6.07) is 7.30. The molecule has 1 aliphatic carbocycles. The standard InChI is InChI=1S/C19H27FN2O/c1-3-14-12-22(19(23)15-8-9-15)11-10-18(14)21-13(2)16-6-4-5-7-17(16)20/h4-7,13-15,18,21H,3,8-12H2,1-2H3. The second-order valence-corrected chi connectivity index (χ2v) is 7.03. The molecule has 0 radical (unpaired) electrons. The molecule has 2 aliphatic rings. The van der Waals surface area contributed by atoms with Crippen molar-refractivity contribution in [2.24, 2.45) is 11.8 Å². The molecule has 2 fully saturated rings. The molecule has 1 aliphatic heterocycles. The number of nitrogens with one attached hydrogen (secondary N) is 1. The highest BCUT2D eigenvalue weighted by Crippen LogP contribution is 2.33. The Bertz CT molecular complexity index is 558. The molecule has 0 bridgehead atoms. The number of benzene rings is 1. The molecule has 1 aromatic carbocycles. The van der Waals surface area contributed by atoms with Crippen molar-refractivity contribution in [3.8, 4) is 0 Å². The van der Waals surface area contributed by atoms with Crippen LogP contribution in [0, 0.1) is 17.7 Å². The third-order valence-electron chi connectivity index (χ3n) is 5.33. The lowest BCUT2D eigenvalue weighted by molar-refractivity contribution is -0.134. The smallest absolute Gasteiger partial charge is 0.225 e. The maximum Gasteiger partial charge on any atom is 0.225 e. The molecule has 0 aromatic heterocycles. The van der Waals surface area contributed by atoms with Gasteiger partial charge in [0.1, 0.15) is 5.82 Å². The summed E-state index contributed by atoms with van der Waals surface area (Å²) in [7, 11) is 0. The number of rotatable bonds is 5. The fourth-order valence-electron chi connectivity index (χ4n) is 3.69. The van der Waals surface area contributed by atoms with E-state index in [1.165, 1.54) is 6.07 Å². The molecule has 0 spiro atoms. The highest BCUT2D eigenvalue weighted by molar-refractivity contribution is 5.81. The van der Waals surface area contributed by atoms with E-state index in [9.17, 15) is 9.18 Å². The van der Waals surface area contributed by atoms with Crippen molar-refractivity contribution in [3.05, 3.63) is 35.6 Å². The van der Waals surface area contributed by atoms with Crippen molar-refractivity contribution in [3.63, 3.8) is 0 Å². The first-order chi connectivity index (χ1) is 11.1. The summed E-state index contributed by atoms with van der Waals surface area (Å²) in [5.41, 5.74) is 0.721. The third kappa shape index (κ3) is 3.74. The molecular weight excluding hydrogens is 291 g/mol. The summed E-state index contributed by atoms with van der Waals surface area (Å²) in [5.74, 6) is 0.945. The summed E-state index contributed by atoms with van der Waals surface area (Å²) >= 11 is 0. The van der Waals surface area contributed by atoms with Crippen molar-refractivity contribution >= 4 is 5.91 Å². The average molecular weight is 318 g/mol. The van der Waals surface area contributed by atoms with Crippen LogP contribution in [0.25, 0.3) is 0 Å². The molecule has 126 valence electrons. The normalized spacial score (nSPS) is 26.1. The highest BCUT2D eigenvalue weighted by atomic mass is 19.1. The Morgan fingerprint density at radius 2 is 2.09 bits per heavy atom. The van der Waals surface area contributed by atoms with E-state index in [4.69, 9.17) is 0 Å². The summed E-state index contributed by atoms with van der Waals surface area (Å²) in [4.78, 5) is 14.3. The van der Waals surface area contributed by atoms with Crippen LogP contribution in [0.3, 0.4) is 0 Å². The van der Waals surface area contributed by atoms with Crippen LogP contribution in [0.15, 0.2) is 24.3 Å². The predicted octanol–water partition coefficient (Wildman–Crippen LogP) is 3.51. The number of nitrogens with zero attached hydrogens (tertiary/aromatic N) is 1. The van der Waals surface area contributed by atoms with E-state index in [1.54, 1.807) is 6.07 Å². The van der Waals surface area contributed by atoms with Crippen molar-refractivity contribution in [1.29, 1.82) is 0 Å². The van der Waals surface area contributed by atoms with Gasteiger partial charge in [-0.05, 0) is 38.2 Å². The minimum absolute atomic E-state index is 0.0130. The molecule has 3 unspecified atom stereocenters. The van der Waals surface area contributed by atoms with Crippen LogP contribution in [0.5, 0.6) is 0 Å². The van der Waals surface area contributed by atoms with Crippen molar-refractivity contribution in [1.82, 2.24) is 10.2 Å². The van der Waals surface area contributed by atoms with Gasteiger partial charge in [-0.2, -0.15) is 0 Å². The van der Waals surface area contributed by atoms with Gasteiger partial charge in [0.2, 0.25) is 5.91 Å². The Hall–Kier alpha value is -1.42. The minimum atomic E-state index is -0.151. The number of piperidine rings is 1. The lowest BCUT2D eigenvalue weighted by Gasteiger charge is -2.40. The third-order valence-corrected chi connectivity index (χ3v) is 5.33. The van der Waals surface area contributed by atoms with E-state index in [0.717, 1.165) is 44.3 Å². The van der Waals surface area contributed by atoms with E-state index >= 15 is 0 Å². The lowest BCUT2D eigenvalue weighted by Crippen LogP contribution is -2.51. The Morgan fingerprint density at radius 3 is 2.74 bits per heavy atom. The average Bonchev–Trinajstić information content (AvgIpc) is 3.39. The van der Waals surface area contributed by atoms with Crippen LogP contribution in [-0.2, 0) is 4.79 Å². The summed E-state index contributed by atoms with van der Waals surface area (Å²) < 4.78 is 13.9. The van der Waals surface area contributed by atoms with Gasteiger partial charge in [0.25, 0.3) is 0 Å². The molecule has 23 heavy (non-hydrogen) atoms. The van der Waals surface area contributed by atoms with Gasteiger partial charge < -0.3 is 10.2 Å². The number of hydrogen-bond donors (Lipinski definition) is 1. The number of halogens is 1. The second kappa shape index (κ2) is 7.00. The zero-order valence-corrected chi connectivity index (χ0v) is 14.1. The molecule has 1 aromatic rings. The minimum Gasteiger partial charge on any atom is -0.342 e. The molecule has 4 heteroatoms. The van der Waals surface area contributed by atoms with Gasteiger partial charge in [-0.15, -0.1) is 0 Å². The van der Waals surface area contributed by atoms with Gasteiger partial charge in [-0.1, -0.05) is 31.5 Å². The molecule has 1 N–H and O–H groups in total. The zero-order chi connectivity index (χ0) is 16.4. The molecule has 1 heterocycles. The maximum absolute atomic E-state index is 13.9. The van der Waals surface area contributed by atoms with Gasteiger partial charge in [0.15, 0.2) is 0 Å². The predicted molar refractivity (Wildman–Crippen MR) is 89.4 cm³/mol. The Kier molecular flexibility index (Phi) is 5.00. The van der Waals surface area contributed by atoms with E-state index in [1.807, 2.05) is 19.1 Å². The Morgan fingerprint density at radius 1 is 1.35 bits per heavy atom. The van der Waals surface area contributed by atoms with Crippen molar-refractivity contribution in [2.45, 2.75) is 51.6 Å². The van der Waals surface area contributed by atoms with Gasteiger partial charge in [-0.25, -0.2) is 4.39 Å².